The number of benzene rings is 1. The lowest BCUT2D eigenvalue weighted by Gasteiger charge is -2.12. The molecule has 0 amide bonds. The maximum Gasteiger partial charge on any atom is 0.244 e. The van der Waals surface area contributed by atoms with Crippen molar-refractivity contribution in [1.29, 1.82) is 0 Å². The van der Waals surface area contributed by atoms with E-state index in [1.807, 2.05) is 6.92 Å². The smallest absolute Gasteiger partial charge is 0.244 e. The first-order valence-electron chi connectivity index (χ1n) is 6.35. The molecule has 0 fully saturated rings. The Morgan fingerprint density at radius 1 is 1.48 bits per heavy atom. The van der Waals surface area contributed by atoms with Crippen molar-refractivity contribution in [2.24, 2.45) is 0 Å². The summed E-state index contributed by atoms with van der Waals surface area (Å²) in [6.07, 6.45) is 2.55. The van der Waals surface area contributed by atoms with Gasteiger partial charge in [-0.15, -0.1) is 11.3 Å². The monoisotopic (exact) mass is 329 g/mol. The fraction of sp³-hybridized carbons (Fsp3) is 0.308. The molecular formula is C13H16FN3O2S2. The zero-order valence-corrected chi connectivity index (χ0v) is 13.3. The molecule has 1 unspecified atom stereocenters. The largest absolute Gasteiger partial charge is 0.399 e. The normalized spacial score (nSPS) is 13.3. The lowest BCUT2D eigenvalue weighted by atomic mass is 10.3. The van der Waals surface area contributed by atoms with Gasteiger partial charge in [0, 0.05) is 16.8 Å². The summed E-state index contributed by atoms with van der Waals surface area (Å²) in [5, 5.41) is 0.639. The summed E-state index contributed by atoms with van der Waals surface area (Å²) in [6, 6.07) is 2.91. The third-order valence-corrected chi connectivity index (χ3v) is 5.75. The maximum absolute atomic E-state index is 13.7. The Bertz CT molecular complexity index is 744. The molecule has 1 atom stereocenters. The minimum absolute atomic E-state index is 0.187. The number of nitrogens with one attached hydrogen (secondary N) is 1. The molecule has 0 bridgehead atoms. The zero-order chi connectivity index (χ0) is 15.6. The average molecular weight is 329 g/mol. The van der Waals surface area contributed by atoms with E-state index in [0.717, 1.165) is 23.4 Å². The molecule has 0 spiro atoms. The predicted octanol–water partition coefficient (Wildman–Crippen LogP) is 2.47. The first-order valence-corrected chi connectivity index (χ1v) is 8.65. The van der Waals surface area contributed by atoms with Crippen molar-refractivity contribution in [1.82, 2.24) is 9.71 Å². The first-order chi connectivity index (χ1) is 9.83. The molecule has 1 aromatic heterocycles. The third-order valence-electron chi connectivity index (χ3n) is 2.87. The second-order valence-electron chi connectivity index (χ2n) is 4.55. The summed E-state index contributed by atoms with van der Waals surface area (Å²) in [5.74, 6) is -0.836. The molecule has 0 saturated carbocycles. The number of nitrogens with zero attached hydrogens (tertiary/aromatic N) is 1. The molecule has 0 radical (unpaired) electrons. The highest BCUT2D eigenvalue weighted by molar-refractivity contribution is 7.89. The van der Waals surface area contributed by atoms with Crippen LogP contribution in [0.5, 0.6) is 0 Å². The number of nitrogens with two attached hydrogens (primary N) is 1. The molecule has 8 heteroatoms. The van der Waals surface area contributed by atoms with Gasteiger partial charge in [0.1, 0.15) is 15.7 Å². The van der Waals surface area contributed by atoms with Gasteiger partial charge < -0.3 is 5.73 Å². The highest BCUT2D eigenvalue weighted by Gasteiger charge is 2.23. The number of hydrogen-bond acceptors (Lipinski definition) is 5. The lowest BCUT2D eigenvalue weighted by molar-refractivity contribution is 0.546. The van der Waals surface area contributed by atoms with E-state index < -0.39 is 26.8 Å². The summed E-state index contributed by atoms with van der Waals surface area (Å²) < 4.78 is 40.6. The molecular weight excluding hydrogens is 313 g/mol. The van der Waals surface area contributed by atoms with Crippen molar-refractivity contribution in [3.05, 3.63) is 40.1 Å². The third kappa shape index (κ3) is 3.58. The van der Waals surface area contributed by atoms with Gasteiger partial charge in [0.05, 0.1) is 6.04 Å². The molecule has 1 heterocycles. The second kappa shape index (κ2) is 6.08. The minimum atomic E-state index is -4.00. The van der Waals surface area contributed by atoms with Gasteiger partial charge in [0.25, 0.3) is 0 Å². The highest BCUT2D eigenvalue weighted by atomic mass is 32.2. The van der Waals surface area contributed by atoms with Gasteiger partial charge in [-0.3, -0.25) is 0 Å². The molecule has 0 aliphatic carbocycles. The van der Waals surface area contributed by atoms with Crippen molar-refractivity contribution >= 4 is 27.0 Å². The Morgan fingerprint density at radius 2 is 2.19 bits per heavy atom. The zero-order valence-electron chi connectivity index (χ0n) is 11.6. The van der Waals surface area contributed by atoms with Crippen LogP contribution in [-0.2, 0) is 16.4 Å². The van der Waals surface area contributed by atoms with Crippen LogP contribution < -0.4 is 10.5 Å². The molecule has 21 heavy (non-hydrogen) atoms. The van der Waals surface area contributed by atoms with Crippen molar-refractivity contribution < 1.29 is 12.8 Å². The summed E-state index contributed by atoms with van der Waals surface area (Å²) in [6.45, 7) is 3.66. The molecule has 0 aliphatic rings. The van der Waals surface area contributed by atoms with Crippen molar-refractivity contribution in [3.63, 3.8) is 0 Å². The molecule has 1 aromatic carbocycles. The van der Waals surface area contributed by atoms with Gasteiger partial charge in [0.15, 0.2) is 0 Å². The van der Waals surface area contributed by atoms with Crippen molar-refractivity contribution in [3.8, 4) is 0 Å². The van der Waals surface area contributed by atoms with Crippen LogP contribution in [0.2, 0.25) is 0 Å². The number of aromatic nitrogens is 1. The van der Waals surface area contributed by atoms with E-state index in [9.17, 15) is 12.8 Å². The Balaban J connectivity index is 2.26. The van der Waals surface area contributed by atoms with E-state index in [1.165, 1.54) is 17.4 Å². The van der Waals surface area contributed by atoms with Crippen LogP contribution in [0.25, 0.3) is 0 Å². The topological polar surface area (TPSA) is 85.1 Å². The fourth-order valence-corrected chi connectivity index (χ4v) is 4.01. The van der Waals surface area contributed by atoms with E-state index in [0.29, 0.717) is 5.01 Å². The molecule has 2 rings (SSSR count). The molecule has 0 saturated heterocycles. The minimum Gasteiger partial charge on any atom is -0.399 e. The Morgan fingerprint density at radius 3 is 2.81 bits per heavy atom. The molecule has 0 aliphatic heterocycles. The molecule has 2 aromatic rings. The SMILES string of the molecule is CCc1cnc(C(C)NS(=O)(=O)c2cc(N)ccc2F)s1. The van der Waals surface area contributed by atoms with Gasteiger partial charge >= 0.3 is 0 Å². The van der Waals surface area contributed by atoms with Gasteiger partial charge in [-0.25, -0.2) is 22.5 Å². The Labute approximate surface area is 127 Å². The van der Waals surface area contributed by atoms with Crippen LogP contribution >= 0.6 is 11.3 Å². The van der Waals surface area contributed by atoms with Crippen molar-refractivity contribution in [2.75, 3.05) is 5.73 Å². The highest BCUT2D eigenvalue weighted by Crippen LogP contribution is 2.24. The van der Waals surface area contributed by atoms with Crippen LogP contribution in [0.4, 0.5) is 10.1 Å². The Kier molecular flexibility index (Phi) is 4.60. The standard InChI is InChI=1S/C13H16FN3O2S2/c1-3-10-7-16-13(20-10)8(2)17-21(18,19)12-6-9(15)4-5-11(12)14/h4-8,17H,3,15H2,1-2H3. The number of halogens is 1. The number of rotatable bonds is 5. The molecule has 5 nitrogen and oxygen atoms in total. The average Bonchev–Trinajstić information content (AvgIpc) is 2.90. The number of nitrogen functional groups attached to an aromatic ring is 1. The lowest BCUT2D eigenvalue weighted by Crippen LogP contribution is -2.27. The summed E-state index contributed by atoms with van der Waals surface area (Å²) >= 11 is 1.43. The second-order valence-corrected chi connectivity index (χ2v) is 7.38. The number of hydrogen-bond donors (Lipinski definition) is 2. The fourth-order valence-electron chi connectivity index (χ4n) is 1.76. The van der Waals surface area contributed by atoms with E-state index in [2.05, 4.69) is 9.71 Å². The van der Waals surface area contributed by atoms with Gasteiger partial charge in [0.2, 0.25) is 10.0 Å². The van der Waals surface area contributed by atoms with Crippen LogP contribution in [-0.4, -0.2) is 13.4 Å². The summed E-state index contributed by atoms with van der Waals surface area (Å²) in [4.78, 5) is 4.78. The van der Waals surface area contributed by atoms with E-state index >= 15 is 0 Å². The van der Waals surface area contributed by atoms with Crippen LogP contribution in [0, 0.1) is 5.82 Å². The maximum atomic E-state index is 13.7. The van der Waals surface area contributed by atoms with Crippen LogP contribution in [0.1, 0.15) is 29.8 Å². The number of thiazole rings is 1. The first kappa shape index (κ1) is 15.9. The quantitative estimate of drug-likeness (QED) is 0.825. The van der Waals surface area contributed by atoms with Gasteiger partial charge in [-0.05, 0) is 31.5 Å². The van der Waals surface area contributed by atoms with E-state index in [1.54, 1.807) is 13.1 Å². The van der Waals surface area contributed by atoms with Crippen molar-refractivity contribution in [2.45, 2.75) is 31.2 Å². The summed E-state index contributed by atoms with van der Waals surface area (Å²) in [5.41, 5.74) is 5.71. The summed E-state index contributed by atoms with van der Waals surface area (Å²) in [7, 11) is -4.00. The number of sulfonamides is 1. The van der Waals surface area contributed by atoms with Crippen LogP contribution in [0.15, 0.2) is 29.3 Å². The van der Waals surface area contributed by atoms with Gasteiger partial charge in [-0.1, -0.05) is 6.92 Å². The van der Waals surface area contributed by atoms with Crippen LogP contribution in [0.3, 0.4) is 0 Å². The number of anilines is 1. The van der Waals surface area contributed by atoms with E-state index in [4.69, 9.17) is 5.73 Å². The van der Waals surface area contributed by atoms with E-state index in [-0.39, 0.29) is 5.69 Å². The Hall–Kier alpha value is -1.51. The molecule has 114 valence electrons. The molecule has 3 N–H and O–H groups in total. The predicted molar refractivity (Wildman–Crippen MR) is 81.0 cm³/mol. The van der Waals surface area contributed by atoms with Gasteiger partial charge in [-0.2, -0.15) is 0 Å². The number of aryl methyl sites for hydroxylation is 1.